The molecule has 1 aromatic heterocycles. The van der Waals surface area contributed by atoms with Crippen molar-refractivity contribution < 1.29 is 9.53 Å². The van der Waals surface area contributed by atoms with Crippen LogP contribution in [0.5, 0.6) is 0 Å². The highest BCUT2D eigenvalue weighted by Gasteiger charge is 2.24. The van der Waals surface area contributed by atoms with E-state index < -0.39 is 0 Å². The van der Waals surface area contributed by atoms with Gasteiger partial charge in [-0.2, -0.15) is 0 Å². The average molecular weight is 277 g/mol. The number of nitrogens with zero attached hydrogens (tertiary/aromatic N) is 1. The summed E-state index contributed by atoms with van der Waals surface area (Å²) in [5, 5.41) is 6.20. The molecule has 2 rings (SSSR count). The fourth-order valence-electron chi connectivity index (χ4n) is 2.29. The van der Waals surface area contributed by atoms with Crippen molar-refractivity contribution in [2.45, 2.75) is 32.8 Å². The van der Waals surface area contributed by atoms with E-state index in [9.17, 15) is 4.79 Å². The Kier molecular flexibility index (Phi) is 5.35. The summed E-state index contributed by atoms with van der Waals surface area (Å²) >= 11 is 0. The van der Waals surface area contributed by atoms with E-state index in [0.29, 0.717) is 18.2 Å². The number of rotatable bonds is 6. The van der Waals surface area contributed by atoms with E-state index >= 15 is 0 Å². The van der Waals surface area contributed by atoms with E-state index in [1.165, 1.54) is 0 Å². The Balaban J connectivity index is 1.88. The minimum absolute atomic E-state index is 0.121. The standard InChI is InChI=1S/C15H23N3O2/c1-3-6-16-13-4-7-17-14(9-13)15(19)18-10-12-5-8-20-11(12)2/h4,7,9,11-12H,3,5-6,8,10H2,1-2H3,(H,16,17)(H,18,19). The summed E-state index contributed by atoms with van der Waals surface area (Å²) in [6.07, 6.45) is 3.94. The lowest BCUT2D eigenvalue weighted by Crippen LogP contribution is -2.32. The molecule has 2 atom stereocenters. The van der Waals surface area contributed by atoms with Crippen molar-refractivity contribution in [2.75, 3.05) is 25.0 Å². The summed E-state index contributed by atoms with van der Waals surface area (Å²) in [7, 11) is 0. The number of hydrogen-bond acceptors (Lipinski definition) is 4. The third-order valence-corrected chi connectivity index (χ3v) is 3.63. The average Bonchev–Trinajstić information content (AvgIpc) is 2.88. The zero-order chi connectivity index (χ0) is 14.4. The number of carbonyl (C=O) groups excluding carboxylic acids is 1. The van der Waals surface area contributed by atoms with Crippen molar-refractivity contribution >= 4 is 11.6 Å². The summed E-state index contributed by atoms with van der Waals surface area (Å²) in [6.45, 7) is 6.48. The Labute approximate surface area is 120 Å². The molecule has 1 saturated heterocycles. The molecular formula is C15H23N3O2. The van der Waals surface area contributed by atoms with Gasteiger partial charge >= 0.3 is 0 Å². The molecule has 0 aromatic carbocycles. The van der Waals surface area contributed by atoms with Gasteiger partial charge in [0.2, 0.25) is 0 Å². The topological polar surface area (TPSA) is 63.2 Å². The van der Waals surface area contributed by atoms with Crippen molar-refractivity contribution in [3.63, 3.8) is 0 Å². The highest BCUT2D eigenvalue weighted by atomic mass is 16.5. The minimum Gasteiger partial charge on any atom is -0.385 e. The summed E-state index contributed by atoms with van der Waals surface area (Å²) in [4.78, 5) is 16.2. The first-order chi connectivity index (χ1) is 9.70. The van der Waals surface area contributed by atoms with Crippen LogP contribution in [0.25, 0.3) is 0 Å². The molecule has 1 amide bonds. The number of pyridine rings is 1. The lowest BCUT2D eigenvalue weighted by molar-refractivity contribution is 0.0903. The summed E-state index contributed by atoms with van der Waals surface area (Å²) in [6, 6.07) is 3.67. The Morgan fingerprint density at radius 3 is 3.10 bits per heavy atom. The van der Waals surface area contributed by atoms with Crippen LogP contribution in [-0.2, 0) is 4.74 Å². The third kappa shape index (κ3) is 3.93. The van der Waals surface area contributed by atoms with Crippen molar-refractivity contribution in [1.82, 2.24) is 10.3 Å². The Morgan fingerprint density at radius 2 is 2.40 bits per heavy atom. The van der Waals surface area contributed by atoms with Gasteiger partial charge in [0.1, 0.15) is 5.69 Å². The van der Waals surface area contributed by atoms with E-state index in [0.717, 1.165) is 31.7 Å². The van der Waals surface area contributed by atoms with Gasteiger partial charge in [0.15, 0.2) is 0 Å². The fourth-order valence-corrected chi connectivity index (χ4v) is 2.29. The van der Waals surface area contributed by atoms with Crippen molar-refractivity contribution in [3.05, 3.63) is 24.0 Å². The molecule has 0 bridgehead atoms. The van der Waals surface area contributed by atoms with Gasteiger partial charge in [-0.3, -0.25) is 9.78 Å². The van der Waals surface area contributed by atoms with E-state index in [4.69, 9.17) is 4.74 Å². The van der Waals surface area contributed by atoms with Crippen LogP contribution in [0.2, 0.25) is 0 Å². The largest absolute Gasteiger partial charge is 0.385 e. The van der Waals surface area contributed by atoms with Crippen LogP contribution < -0.4 is 10.6 Å². The van der Waals surface area contributed by atoms with Crippen molar-refractivity contribution in [1.29, 1.82) is 0 Å². The molecule has 1 fully saturated rings. The molecule has 0 saturated carbocycles. The van der Waals surface area contributed by atoms with Crippen molar-refractivity contribution in [3.8, 4) is 0 Å². The molecule has 110 valence electrons. The Bertz CT molecular complexity index is 450. The SMILES string of the molecule is CCCNc1ccnc(C(=O)NCC2CCOC2C)c1. The first-order valence-electron chi connectivity index (χ1n) is 7.30. The van der Waals surface area contributed by atoms with Crippen LogP contribution in [0.1, 0.15) is 37.2 Å². The number of hydrogen-bond donors (Lipinski definition) is 2. The third-order valence-electron chi connectivity index (χ3n) is 3.63. The normalized spacial score (nSPS) is 21.7. The number of nitrogens with one attached hydrogen (secondary N) is 2. The molecule has 2 N–H and O–H groups in total. The van der Waals surface area contributed by atoms with Gasteiger partial charge in [0, 0.05) is 37.5 Å². The lowest BCUT2D eigenvalue weighted by atomic mass is 10.0. The summed E-state index contributed by atoms with van der Waals surface area (Å²) in [5.41, 5.74) is 1.39. The highest BCUT2D eigenvalue weighted by molar-refractivity contribution is 5.93. The van der Waals surface area contributed by atoms with Gasteiger partial charge in [0.05, 0.1) is 6.10 Å². The van der Waals surface area contributed by atoms with E-state index in [-0.39, 0.29) is 12.0 Å². The predicted molar refractivity (Wildman–Crippen MR) is 78.9 cm³/mol. The first kappa shape index (κ1) is 14.8. The molecular weight excluding hydrogens is 254 g/mol. The maximum atomic E-state index is 12.1. The fraction of sp³-hybridized carbons (Fsp3) is 0.600. The number of ether oxygens (including phenoxy) is 1. The van der Waals surface area contributed by atoms with Gasteiger partial charge in [-0.1, -0.05) is 6.92 Å². The molecule has 1 aromatic rings. The maximum absolute atomic E-state index is 12.1. The van der Waals surface area contributed by atoms with Crippen LogP contribution in [0.15, 0.2) is 18.3 Å². The molecule has 0 aliphatic carbocycles. The second-order valence-corrected chi connectivity index (χ2v) is 5.19. The van der Waals surface area contributed by atoms with Crippen LogP contribution in [0.3, 0.4) is 0 Å². The molecule has 5 nitrogen and oxygen atoms in total. The predicted octanol–water partition coefficient (Wildman–Crippen LogP) is 2.06. The number of carbonyl (C=O) groups is 1. The van der Waals surface area contributed by atoms with Crippen LogP contribution in [0.4, 0.5) is 5.69 Å². The minimum atomic E-state index is -0.121. The molecule has 1 aliphatic heterocycles. The lowest BCUT2D eigenvalue weighted by Gasteiger charge is -2.14. The van der Waals surface area contributed by atoms with E-state index in [1.807, 2.05) is 6.07 Å². The summed E-state index contributed by atoms with van der Waals surface area (Å²) < 4.78 is 5.49. The molecule has 2 heterocycles. The molecule has 1 aliphatic rings. The quantitative estimate of drug-likeness (QED) is 0.835. The molecule has 20 heavy (non-hydrogen) atoms. The first-order valence-corrected chi connectivity index (χ1v) is 7.30. The van der Waals surface area contributed by atoms with Gasteiger partial charge in [-0.15, -0.1) is 0 Å². The second kappa shape index (κ2) is 7.24. The molecule has 2 unspecified atom stereocenters. The second-order valence-electron chi connectivity index (χ2n) is 5.19. The summed E-state index contributed by atoms with van der Waals surface area (Å²) in [5.74, 6) is 0.282. The van der Waals surface area contributed by atoms with Gasteiger partial charge < -0.3 is 15.4 Å². The van der Waals surface area contributed by atoms with E-state index in [1.54, 1.807) is 12.3 Å². The van der Waals surface area contributed by atoms with Crippen LogP contribution in [-0.4, -0.2) is 36.7 Å². The van der Waals surface area contributed by atoms with Gasteiger partial charge in [0.25, 0.3) is 5.91 Å². The molecule has 0 radical (unpaired) electrons. The van der Waals surface area contributed by atoms with Crippen LogP contribution in [0, 0.1) is 5.92 Å². The van der Waals surface area contributed by atoms with E-state index in [2.05, 4.69) is 29.5 Å². The number of aromatic nitrogens is 1. The monoisotopic (exact) mass is 277 g/mol. The Morgan fingerprint density at radius 1 is 1.55 bits per heavy atom. The molecule has 5 heteroatoms. The maximum Gasteiger partial charge on any atom is 0.269 e. The smallest absolute Gasteiger partial charge is 0.269 e. The zero-order valence-corrected chi connectivity index (χ0v) is 12.2. The number of amides is 1. The van der Waals surface area contributed by atoms with Gasteiger partial charge in [-0.05, 0) is 31.9 Å². The van der Waals surface area contributed by atoms with Crippen LogP contribution >= 0.6 is 0 Å². The zero-order valence-electron chi connectivity index (χ0n) is 12.2. The highest BCUT2D eigenvalue weighted by Crippen LogP contribution is 2.19. The molecule has 0 spiro atoms. The van der Waals surface area contributed by atoms with Crippen molar-refractivity contribution in [2.24, 2.45) is 5.92 Å². The number of anilines is 1. The Hall–Kier alpha value is -1.62. The van der Waals surface area contributed by atoms with Gasteiger partial charge in [-0.25, -0.2) is 0 Å².